The molecule has 0 aliphatic rings. The molecule has 158 valence electrons. The Hall–Kier alpha value is -3.13. The van der Waals surface area contributed by atoms with Crippen LogP contribution in [0.3, 0.4) is 0 Å². The van der Waals surface area contributed by atoms with E-state index in [0.29, 0.717) is 6.54 Å². The zero-order chi connectivity index (χ0) is 21.5. The zero-order valence-corrected chi connectivity index (χ0v) is 18.3. The van der Waals surface area contributed by atoms with E-state index in [9.17, 15) is 0 Å². The lowest BCUT2D eigenvalue weighted by atomic mass is 10.1. The second kappa shape index (κ2) is 7.60. The van der Waals surface area contributed by atoms with Gasteiger partial charge in [-0.15, -0.1) is 0 Å². The van der Waals surface area contributed by atoms with Gasteiger partial charge in [-0.3, -0.25) is 4.40 Å². The van der Waals surface area contributed by atoms with E-state index in [-0.39, 0.29) is 5.54 Å². The molecule has 0 aliphatic carbocycles. The normalized spacial score (nSPS) is 12.1. The Morgan fingerprint density at radius 3 is 2.40 bits per heavy atom. The Labute approximate surface area is 176 Å². The predicted octanol–water partition coefficient (Wildman–Crippen LogP) is 3.37. The van der Waals surface area contributed by atoms with E-state index in [1.54, 1.807) is 0 Å². The number of nitrogens with zero attached hydrogens (tertiary/aromatic N) is 6. The van der Waals surface area contributed by atoms with Crippen molar-refractivity contribution in [3.8, 4) is 11.3 Å². The zero-order valence-electron chi connectivity index (χ0n) is 18.3. The maximum atomic E-state index is 5.67. The fourth-order valence-electron chi connectivity index (χ4n) is 3.51. The topological polar surface area (TPSA) is 89.3 Å². The molecule has 1 aromatic carbocycles. The monoisotopic (exact) mass is 406 g/mol. The van der Waals surface area contributed by atoms with Crippen LogP contribution in [0.5, 0.6) is 0 Å². The molecule has 0 atom stereocenters. The molecule has 4 rings (SSSR count). The second-order valence-electron chi connectivity index (χ2n) is 8.82. The minimum Gasteiger partial charge on any atom is -0.378 e. The molecule has 30 heavy (non-hydrogen) atoms. The van der Waals surface area contributed by atoms with Gasteiger partial charge in [0.15, 0.2) is 16.8 Å². The highest BCUT2D eigenvalue weighted by Crippen LogP contribution is 2.33. The van der Waals surface area contributed by atoms with Crippen LogP contribution >= 0.6 is 0 Å². The van der Waals surface area contributed by atoms with Gasteiger partial charge < -0.3 is 20.5 Å². The summed E-state index contributed by atoms with van der Waals surface area (Å²) < 4.78 is 4.04. The quantitative estimate of drug-likeness (QED) is 0.510. The molecular formula is C22H30N8. The Bertz CT molecular complexity index is 1160. The first-order valence-corrected chi connectivity index (χ1v) is 10.3. The lowest BCUT2D eigenvalue weighted by Gasteiger charge is -2.22. The molecule has 3 aromatic heterocycles. The highest BCUT2D eigenvalue weighted by Gasteiger charge is 2.22. The molecule has 8 heteroatoms. The summed E-state index contributed by atoms with van der Waals surface area (Å²) in [6, 6.07) is 8.43. The van der Waals surface area contributed by atoms with Crippen LogP contribution < -0.4 is 16.0 Å². The van der Waals surface area contributed by atoms with E-state index < -0.39 is 0 Å². The number of benzene rings is 1. The summed E-state index contributed by atoms with van der Waals surface area (Å²) in [5.41, 5.74) is 11.0. The van der Waals surface area contributed by atoms with Gasteiger partial charge in [-0.25, -0.2) is 15.0 Å². The smallest absolute Gasteiger partial charge is 0.170 e. The van der Waals surface area contributed by atoms with E-state index in [2.05, 4.69) is 60.2 Å². The first-order valence-electron chi connectivity index (χ1n) is 10.3. The number of aromatic nitrogens is 5. The van der Waals surface area contributed by atoms with E-state index in [1.165, 1.54) is 0 Å². The molecule has 0 amide bonds. The number of nitrogens with one attached hydrogen (secondary N) is 1. The third-order valence-electron chi connectivity index (χ3n) is 4.98. The first kappa shape index (κ1) is 20.2. The van der Waals surface area contributed by atoms with Crippen molar-refractivity contribution in [2.75, 3.05) is 30.9 Å². The van der Waals surface area contributed by atoms with Gasteiger partial charge in [0, 0.05) is 37.4 Å². The van der Waals surface area contributed by atoms with Crippen LogP contribution in [0.15, 0.2) is 36.9 Å². The summed E-state index contributed by atoms with van der Waals surface area (Å²) in [6.45, 7) is 7.84. The molecule has 0 spiro atoms. The molecule has 3 N–H and O–H groups in total. The van der Waals surface area contributed by atoms with Crippen LogP contribution in [0.2, 0.25) is 0 Å². The predicted molar refractivity (Wildman–Crippen MR) is 123 cm³/mol. The number of hydrogen-bond acceptors (Lipinski definition) is 6. The highest BCUT2D eigenvalue weighted by atomic mass is 15.2. The molecule has 8 nitrogen and oxygen atoms in total. The van der Waals surface area contributed by atoms with Crippen LogP contribution in [0.25, 0.3) is 28.1 Å². The largest absolute Gasteiger partial charge is 0.378 e. The summed E-state index contributed by atoms with van der Waals surface area (Å²) in [6.07, 6.45) is 4.54. The van der Waals surface area contributed by atoms with Crippen LogP contribution in [0, 0.1) is 0 Å². The van der Waals surface area contributed by atoms with Gasteiger partial charge in [0.05, 0.1) is 6.33 Å². The second-order valence-corrected chi connectivity index (χ2v) is 8.82. The SMILES string of the molecule is CN(C)c1ccc(-c2nc3c4ncn(CCCN)c4ncn3c2NC(C)(C)C)cc1. The van der Waals surface area contributed by atoms with Gasteiger partial charge in [-0.1, -0.05) is 12.1 Å². The number of aryl methyl sites for hydroxylation is 1. The minimum absolute atomic E-state index is 0.135. The van der Waals surface area contributed by atoms with Gasteiger partial charge in [-0.05, 0) is 45.9 Å². The van der Waals surface area contributed by atoms with E-state index >= 15 is 0 Å². The summed E-state index contributed by atoms with van der Waals surface area (Å²) in [4.78, 5) is 16.4. The van der Waals surface area contributed by atoms with E-state index in [4.69, 9.17) is 15.7 Å². The van der Waals surface area contributed by atoms with Crippen molar-refractivity contribution < 1.29 is 0 Å². The molecule has 0 unspecified atom stereocenters. The van der Waals surface area contributed by atoms with Crippen molar-refractivity contribution >= 4 is 28.3 Å². The lowest BCUT2D eigenvalue weighted by molar-refractivity contribution is 0.629. The number of anilines is 2. The van der Waals surface area contributed by atoms with Crippen LogP contribution in [0.1, 0.15) is 27.2 Å². The number of imidazole rings is 2. The van der Waals surface area contributed by atoms with Crippen molar-refractivity contribution in [1.29, 1.82) is 0 Å². The van der Waals surface area contributed by atoms with Crippen LogP contribution in [-0.2, 0) is 6.54 Å². The molecule has 0 fully saturated rings. The van der Waals surface area contributed by atoms with Gasteiger partial charge in [0.1, 0.15) is 17.8 Å². The van der Waals surface area contributed by atoms with Crippen molar-refractivity contribution in [1.82, 2.24) is 23.9 Å². The van der Waals surface area contributed by atoms with Gasteiger partial charge in [0.2, 0.25) is 0 Å². The molecule has 0 aliphatic heterocycles. The number of hydrogen-bond donors (Lipinski definition) is 2. The fourth-order valence-corrected chi connectivity index (χ4v) is 3.51. The molecule has 0 bridgehead atoms. The van der Waals surface area contributed by atoms with E-state index in [0.717, 1.165) is 52.5 Å². The fraction of sp³-hybridized carbons (Fsp3) is 0.409. The Morgan fingerprint density at radius 1 is 1.03 bits per heavy atom. The third kappa shape index (κ3) is 3.70. The Balaban J connectivity index is 1.90. The van der Waals surface area contributed by atoms with Crippen LogP contribution in [-0.4, -0.2) is 50.1 Å². The summed E-state index contributed by atoms with van der Waals surface area (Å²) in [5, 5.41) is 3.61. The maximum absolute atomic E-state index is 5.67. The third-order valence-corrected chi connectivity index (χ3v) is 4.98. The number of fused-ring (bicyclic) bond motifs is 3. The molecule has 4 aromatic rings. The highest BCUT2D eigenvalue weighted by molar-refractivity contribution is 5.90. The van der Waals surface area contributed by atoms with Crippen molar-refractivity contribution in [2.24, 2.45) is 5.73 Å². The number of rotatable bonds is 6. The minimum atomic E-state index is -0.135. The van der Waals surface area contributed by atoms with Gasteiger partial charge in [-0.2, -0.15) is 0 Å². The van der Waals surface area contributed by atoms with Crippen molar-refractivity contribution in [3.63, 3.8) is 0 Å². The van der Waals surface area contributed by atoms with Crippen molar-refractivity contribution in [3.05, 3.63) is 36.9 Å². The maximum Gasteiger partial charge on any atom is 0.170 e. The van der Waals surface area contributed by atoms with Gasteiger partial charge in [0.25, 0.3) is 0 Å². The Kier molecular flexibility index (Phi) is 5.11. The molecule has 0 radical (unpaired) electrons. The van der Waals surface area contributed by atoms with Crippen LogP contribution in [0.4, 0.5) is 11.5 Å². The first-order chi connectivity index (χ1) is 14.3. The summed E-state index contributed by atoms with van der Waals surface area (Å²) in [7, 11) is 4.08. The average molecular weight is 407 g/mol. The Morgan fingerprint density at radius 2 is 1.77 bits per heavy atom. The summed E-state index contributed by atoms with van der Waals surface area (Å²) in [5.74, 6) is 0.918. The van der Waals surface area contributed by atoms with E-state index in [1.807, 2.05) is 35.7 Å². The average Bonchev–Trinajstić information content (AvgIpc) is 3.26. The van der Waals surface area contributed by atoms with Crippen molar-refractivity contribution in [2.45, 2.75) is 39.3 Å². The lowest BCUT2D eigenvalue weighted by Crippen LogP contribution is -2.27. The standard InChI is InChI=1S/C22H30N8/c1-22(2,3)27-21-17(15-7-9-16(10-8-15)28(4)5)26-20-18-19(25-14-30(20)21)29(13-24-18)12-6-11-23/h7-10,13-14,27H,6,11-12,23H2,1-5H3. The molecule has 3 heterocycles. The van der Waals surface area contributed by atoms with Gasteiger partial charge >= 0.3 is 0 Å². The number of nitrogens with two attached hydrogens (primary N) is 1. The molecular weight excluding hydrogens is 376 g/mol. The molecule has 0 saturated carbocycles. The molecule has 0 saturated heterocycles. The summed E-state index contributed by atoms with van der Waals surface area (Å²) >= 11 is 0.